The van der Waals surface area contributed by atoms with Gasteiger partial charge in [0.15, 0.2) is 0 Å². The van der Waals surface area contributed by atoms with Crippen molar-refractivity contribution in [3.63, 3.8) is 0 Å². The predicted octanol–water partition coefficient (Wildman–Crippen LogP) is 1.11. The molecule has 8 heteroatoms. The predicted molar refractivity (Wildman–Crippen MR) is 101 cm³/mol. The van der Waals surface area contributed by atoms with Crippen LogP contribution in [0.25, 0.3) is 10.9 Å². The molecule has 0 spiro atoms. The van der Waals surface area contributed by atoms with Gasteiger partial charge in [-0.25, -0.2) is 12.7 Å². The Morgan fingerprint density at radius 2 is 2.00 bits per heavy atom. The number of aromatic amines is 1. The lowest BCUT2D eigenvalue weighted by molar-refractivity contribution is 0.0765. The van der Waals surface area contributed by atoms with Crippen LogP contribution in [0, 0.1) is 19.8 Å². The molecule has 0 aliphatic carbocycles. The molecular formula is C18H25N3O4S. The van der Waals surface area contributed by atoms with Crippen molar-refractivity contribution in [2.45, 2.75) is 20.0 Å². The smallest absolute Gasteiger partial charge is 0.253 e. The van der Waals surface area contributed by atoms with E-state index >= 15 is 0 Å². The molecule has 1 aromatic carbocycles. The summed E-state index contributed by atoms with van der Waals surface area (Å²) in [6.07, 6.45) is -0.839. The molecular weight excluding hydrogens is 354 g/mol. The molecule has 3 rings (SSSR count). The van der Waals surface area contributed by atoms with E-state index in [1.807, 2.05) is 26.0 Å². The highest BCUT2D eigenvalue weighted by Crippen LogP contribution is 2.25. The second-order valence-electron chi connectivity index (χ2n) is 7.23. The van der Waals surface area contributed by atoms with Crippen molar-refractivity contribution in [1.82, 2.24) is 14.2 Å². The van der Waals surface area contributed by atoms with E-state index in [-0.39, 0.29) is 24.7 Å². The fourth-order valence-electron chi connectivity index (χ4n) is 3.38. The highest BCUT2D eigenvalue weighted by molar-refractivity contribution is 7.89. The van der Waals surface area contributed by atoms with Crippen molar-refractivity contribution in [3.8, 4) is 0 Å². The highest BCUT2D eigenvalue weighted by Gasteiger charge is 2.37. The van der Waals surface area contributed by atoms with E-state index in [2.05, 4.69) is 4.98 Å². The molecule has 0 saturated carbocycles. The molecule has 1 saturated heterocycles. The number of aliphatic hydroxyl groups excluding tert-OH is 1. The molecule has 1 aliphatic rings. The fourth-order valence-corrected chi connectivity index (χ4v) is 4.55. The number of nitrogens with one attached hydrogen (secondary N) is 1. The lowest BCUT2D eigenvalue weighted by Crippen LogP contribution is -2.33. The third-order valence-electron chi connectivity index (χ3n) is 5.23. The van der Waals surface area contributed by atoms with Gasteiger partial charge in [0.25, 0.3) is 5.91 Å². The van der Waals surface area contributed by atoms with Crippen molar-refractivity contribution in [3.05, 3.63) is 35.0 Å². The first kappa shape index (κ1) is 18.9. The summed E-state index contributed by atoms with van der Waals surface area (Å²) in [7, 11) is -0.492. The Morgan fingerprint density at radius 1 is 1.31 bits per heavy atom. The van der Waals surface area contributed by atoms with E-state index in [9.17, 15) is 18.3 Å². The van der Waals surface area contributed by atoms with E-state index in [4.69, 9.17) is 0 Å². The number of hydrogen-bond donors (Lipinski definition) is 2. The summed E-state index contributed by atoms with van der Waals surface area (Å²) < 4.78 is 25.3. The maximum absolute atomic E-state index is 12.8. The van der Waals surface area contributed by atoms with Crippen LogP contribution >= 0.6 is 0 Å². The third kappa shape index (κ3) is 3.36. The summed E-state index contributed by atoms with van der Waals surface area (Å²) >= 11 is 0. The minimum absolute atomic E-state index is 0.148. The van der Waals surface area contributed by atoms with Gasteiger partial charge >= 0.3 is 0 Å². The molecule has 1 fully saturated rings. The van der Waals surface area contributed by atoms with Gasteiger partial charge in [0.2, 0.25) is 10.0 Å². The van der Waals surface area contributed by atoms with E-state index in [0.29, 0.717) is 5.56 Å². The molecule has 26 heavy (non-hydrogen) atoms. The number of benzene rings is 1. The molecule has 0 unspecified atom stereocenters. The number of rotatable bonds is 4. The zero-order valence-electron chi connectivity index (χ0n) is 15.5. The van der Waals surface area contributed by atoms with Gasteiger partial charge in [0.05, 0.1) is 11.9 Å². The van der Waals surface area contributed by atoms with Crippen molar-refractivity contribution < 1.29 is 18.3 Å². The molecule has 1 aromatic heterocycles. The van der Waals surface area contributed by atoms with Gasteiger partial charge < -0.3 is 15.0 Å². The Morgan fingerprint density at radius 3 is 2.65 bits per heavy atom. The van der Waals surface area contributed by atoms with Gasteiger partial charge in [-0.15, -0.1) is 0 Å². The van der Waals surface area contributed by atoms with Crippen LogP contribution in [0.4, 0.5) is 0 Å². The van der Waals surface area contributed by atoms with Crippen LogP contribution in [0.3, 0.4) is 0 Å². The molecule has 7 nitrogen and oxygen atoms in total. The van der Waals surface area contributed by atoms with Crippen LogP contribution < -0.4 is 0 Å². The first-order valence-corrected chi connectivity index (χ1v) is 10.2. The summed E-state index contributed by atoms with van der Waals surface area (Å²) in [5.41, 5.74) is 3.69. The Hall–Kier alpha value is -1.90. The van der Waals surface area contributed by atoms with Crippen LogP contribution in [0.1, 0.15) is 21.6 Å². The Bertz CT molecular complexity index is 949. The number of hydrogen-bond acceptors (Lipinski definition) is 4. The van der Waals surface area contributed by atoms with Crippen LogP contribution in [-0.4, -0.2) is 72.7 Å². The van der Waals surface area contributed by atoms with Crippen LogP contribution in [0.2, 0.25) is 0 Å². The van der Waals surface area contributed by atoms with Crippen molar-refractivity contribution in [2.24, 2.45) is 5.92 Å². The SMILES string of the molecule is Cc1[nH]c2ccc(C(=O)N3C[C@@H](CS(=O)(=O)N(C)C)[C@H](O)C3)cc2c1C. The third-order valence-corrected chi connectivity index (χ3v) is 7.19. The number of likely N-dealkylation sites (tertiary alicyclic amines) is 1. The Kier molecular flexibility index (Phi) is 4.85. The van der Waals surface area contributed by atoms with Gasteiger partial charge in [-0.1, -0.05) is 0 Å². The number of aryl methyl sites for hydroxylation is 2. The van der Waals surface area contributed by atoms with Gasteiger partial charge in [-0.3, -0.25) is 4.79 Å². The molecule has 1 aliphatic heterocycles. The van der Waals surface area contributed by atoms with E-state index in [1.165, 1.54) is 19.0 Å². The van der Waals surface area contributed by atoms with Gasteiger partial charge in [0.1, 0.15) is 0 Å². The number of carbonyl (C=O) groups is 1. The number of β-amino-alcohol motifs (C(OH)–C–C–N with tert-alkyl or cyclic N) is 1. The second kappa shape index (κ2) is 6.68. The van der Waals surface area contributed by atoms with Gasteiger partial charge in [-0.05, 0) is 37.6 Å². The fraction of sp³-hybridized carbons (Fsp3) is 0.500. The van der Waals surface area contributed by atoms with Crippen LogP contribution in [-0.2, 0) is 10.0 Å². The zero-order chi connectivity index (χ0) is 19.2. The number of aromatic nitrogens is 1. The minimum Gasteiger partial charge on any atom is -0.391 e. The standard InChI is InChI=1S/C18H25N3O4S/c1-11-12(2)19-16-6-5-13(7-15(11)16)18(23)21-8-14(17(22)9-21)10-26(24,25)20(3)4/h5-7,14,17,19,22H,8-10H2,1-4H3/t14-,17+/m0/s1. The molecule has 2 N–H and O–H groups in total. The van der Waals surface area contributed by atoms with Crippen LogP contribution in [0.15, 0.2) is 18.2 Å². The first-order chi connectivity index (χ1) is 12.1. The Labute approximate surface area is 153 Å². The normalized spacial score (nSPS) is 21.1. The summed E-state index contributed by atoms with van der Waals surface area (Å²) in [5.74, 6) is -0.833. The average Bonchev–Trinajstić information content (AvgIpc) is 3.06. The van der Waals surface area contributed by atoms with Gasteiger partial charge in [-0.2, -0.15) is 0 Å². The average molecular weight is 379 g/mol. The molecule has 142 valence electrons. The zero-order valence-corrected chi connectivity index (χ0v) is 16.3. The molecule has 2 aromatic rings. The summed E-state index contributed by atoms with van der Waals surface area (Å²) in [6, 6.07) is 5.49. The van der Waals surface area contributed by atoms with Crippen molar-refractivity contribution in [2.75, 3.05) is 32.9 Å². The molecule has 1 amide bonds. The second-order valence-corrected chi connectivity index (χ2v) is 9.46. The first-order valence-electron chi connectivity index (χ1n) is 8.56. The van der Waals surface area contributed by atoms with Crippen molar-refractivity contribution >= 4 is 26.8 Å². The number of carbonyl (C=O) groups excluding carboxylic acids is 1. The van der Waals surface area contributed by atoms with E-state index in [0.717, 1.165) is 26.5 Å². The summed E-state index contributed by atoms with van der Waals surface area (Å²) in [5, 5.41) is 11.2. The summed E-state index contributed by atoms with van der Waals surface area (Å²) in [4.78, 5) is 17.7. The molecule has 2 heterocycles. The van der Waals surface area contributed by atoms with E-state index in [1.54, 1.807) is 6.07 Å². The van der Waals surface area contributed by atoms with Crippen molar-refractivity contribution in [1.29, 1.82) is 0 Å². The number of nitrogens with zero attached hydrogens (tertiary/aromatic N) is 2. The largest absolute Gasteiger partial charge is 0.391 e. The topological polar surface area (TPSA) is 93.7 Å². The quantitative estimate of drug-likeness (QED) is 0.832. The molecule has 0 radical (unpaired) electrons. The van der Waals surface area contributed by atoms with Crippen LogP contribution in [0.5, 0.6) is 0 Å². The number of H-pyrrole nitrogens is 1. The monoisotopic (exact) mass is 379 g/mol. The van der Waals surface area contributed by atoms with E-state index < -0.39 is 22.0 Å². The maximum Gasteiger partial charge on any atom is 0.253 e. The number of aliphatic hydroxyl groups is 1. The molecule has 2 atom stereocenters. The number of sulfonamides is 1. The number of amides is 1. The minimum atomic E-state index is -3.43. The van der Waals surface area contributed by atoms with Gasteiger partial charge in [0, 0.05) is 55.3 Å². The maximum atomic E-state index is 12.8. The lowest BCUT2D eigenvalue weighted by atomic mass is 10.1. The Balaban J connectivity index is 1.80. The lowest BCUT2D eigenvalue weighted by Gasteiger charge is -2.18. The highest BCUT2D eigenvalue weighted by atomic mass is 32.2. The number of fused-ring (bicyclic) bond motifs is 1. The molecule has 0 bridgehead atoms. The summed E-state index contributed by atoms with van der Waals surface area (Å²) in [6.45, 7) is 4.37.